The van der Waals surface area contributed by atoms with Crippen molar-refractivity contribution in [2.45, 2.75) is 26.2 Å². The molecule has 1 heterocycles. The van der Waals surface area contributed by atoms with E-state index in [2.05, 4.69) is 16.4 Å². The van der Waals surface area contributed by atoms with Gasteiger partial charge in [-0.05, 0) is 25.8 Å². The van der Waals surface area contributed by atoms with E-state index >= 15 is 0 Å². The van der Waals surface area contributed by atoms with Crippen molar-refractivity contribution in [1.29, 1.82) is 5.26 Å². The van der Waals surface area contributed by atoms with E-state index in [1.54, 1.807) is 6.07 Å². The molecule has 0 amide bonds. The van der Waals surface area contributed by atoms with Crippen LogP contribution in [0, 0.1) is 28.4 Å². The van der Waals surface area contributed by atoms with Crippen LogP contribution in [0.1, 0.15) is 25.0 Å². The quantitative estimate of drug-likeness (QED) is 0.497. The molecule has 0 aliphatic carbocycles. The molecule has 2 aromatic rings. The molecule has 2 rings (SSSR count). The molecule has 0 bridgehead atoms. The number of aryl methyl sites for hydroxylation is 1. The van der Waals surface area contributed by atoms with Crippen LogP contribution in [-0.4, -0.2) is 16.5 Å². The predicted octanol–water partition coefficient (Wildman–Crippen LogP) is 3.56. The molecule has 1 aromatic heterocycles. The van der Waals surface area contributed by atoms with Crippen LogP contribution in [0.15, 0.2) is 24.3 Å². The van der Waals surface area contributed by atoms with Crippen LogP contribution in [0.25, 0.3) is 10.9 Å². The minimum absolute atomic E-state index is 0.0173. The zero-order chi connectivity index (χ0) is 15.2. The van der Waals surface area contributed by atoms with Crippen molar-refractivity contribution in [3.8, 4) is 6.07 Å². The minimum atomic E-state index is -0.411. The van der Waals surface area contributed by atoms with Gasteiger partial charge in [-0.2, -0.15) is 5.26 Å². The predicted molar refractivity (Wildman–Crippen MR) is 81.1 cm³/mol. The Kier molecular flexibility index (Phi) is 4.67. The summed E-state index contributed by atoms with van der Waals surface area (Å²) in [4.78, 5) is 15.0. The van der Waals surface area contributed by atoms with Crippen LogP contribution in [0.4, 0.5) is 11.4 Å². The number of nitrogens with zero attached hydrogens (tertiary/aromatic N) is 3. The monoisotopic (exact) mass is 284 g/mol. The zero-order valence-corrected chi connectivity index (χ0v) is 11.8. The van der Waals surface area contributed by atoms with Crippen LogP contribution < -0.4 is 5.32 Å². The lowest BCUT2D eigenvalue weighted by molar-refractivity contribution is -0.383. The van der Waals surface area contributed by atoms with E-state index in [9.17, 15) is 10.1 Å². The molecule has 0 aliphatic rings. The molecule has 0 unspecified atom stereocenters. The largest absolute Gasteiger partial charge is 0.384 e. The Hall–Kier alpha value is -2.68. The van der Waals surface area contributed by atoms with Gasteiger partial charge in [0.15, 0.2) is 5.52 Å². The summed E-state index contributed by atoms with van der Waals surface area (Å²) >= 11 is 0. The average Bonchev–Trinajstić information content (AvgIpc) is 2.46. The third-order valence-electron chi connectivity index (χ3n) is 3.17. The van der Waals surface area contributed by atoms with E-state index in [1.165, 1.54) is 6.07 Å². The van der Waals surface area contributed by atoms with Gasteiger partial charge >= 0.3 is 0 Å². The highest BCUT2D eigenvalue weighted by Crippen LogP contribution is 2.29. The van der Waals surface area contributed by atoms with Gasteiger partial charge in [-0.3, -0.25) is 10.1 Å². The number of nitro groups is 1. The van der Waals surface area contributed by atoms with Crippen molar-refractivity contribution in [3.63, 3.8) is 0 Å². The molecule has 0 saturated heterocycles. The van der Waals surface area contributed by atoms with Crippen molar-refractivity contribution in [2.75, 3.05) is 11.9 Å². The Morgan fingerprint density at radius 3 is 2.95 bits per heavy atom. The van der Waals surface area contributed by atoms with Gasteiger partial charge in [-0.25, -0.2) is 4.98 Å². The molecule has 108 valence electrons. The number of benzene rings is 1. The number of rotatable bonds is 6. The van der Waals surface area contributed by atoms with Crippen molar-refractivity contribution < 1.29 is 4.92 Å². The molecule has 0 radical (unpaired) electrons. The second kappa shape index (κ2) is 6.66. The SMILES string of the molecule is Cc1cc(NCCCCC#N)c2cccc([N+](=O)[O-])c2n1. The van der Waals surface area contributed by atoms with Gasteiger partial charge < -0.3 is 5.32 Å². The number of non-ortho nitro benzene ring substituents is 1. The summed E-state index contributed by atoms with van der Waals surface area (Å²) in [6, 6.07) is 8.95. The molecule has 6 nitrogen and oxygen atoms in total. The molecule has 0 fully saturated rings. The lowest BCUT2D eigenvalue weighted by atomic mass is 10.1. The number of nitrogens with one attached hydrogen (secondary N) is 1. The maximum absolute atomic E-state index is 11.1. The van der Waals surface area contributed by atoms with Crippen molar-refractivity contribution in [3.05, 3.63) is 40.1 Å². The third kappa shape index (κ3) is 3.45. The smallest absolute Gasteiger partial charge is 0.295 e. The van der Waals surface area contributed by atoms with Gasteiger partial charge in [0.25, 0.3) is 5.69 Å². The summed E-state index contributed by atoms with van der Waals surface area (Å²) in [5, 5.41) is 23.6. The standard InChI is InChI=1S/C15H16N4O2/c1-11-10-13(17-9-4-2-3-8-16)12-6-5-7-14(19(20)21)15(12)18-11/h5-7,10H,2-4,9H2,1H3,(H,17,18). The molecule has 1 N–H and O–H groups in total. The average molecular weight is 284 g/mol. The van der Waals surface area contributed by atoms with E-state index < -0.39 is 4.92 Å². The van der Waals surface area contributed by atoms with Gasteiger partial charge in [0.2, 0.25) is 0 Å². The van der Waals surface area contributed by atoms with E-state index in [1.807, 2.05) is 19.1 Å². The summed E-state index contributed by atoms with van der Waals surface area (Å²) in [7, 11) is 0. The summed E-state index contributed by atoms with van der Waals surface area (Å²) < 4.78 is 0. The Balaban J connectivity index is 2.29. The first-order valence-corrected chi connectivity index (χ1v) is 6.79. The number of hydrogen-bond acceptors (Lipinski definition) is 5. The van der Waals surface area contributed by atoms with Crippen LogP contribution >= 0.6 is 0 Å². The number of pyridine rings is 1. The summed E-state index contributed by atoms with van der Waals surface area (Å²) in [6.45, 7) is 2.54. The van der Waals surface area contributed by atoms with Gasteiger partial charge in [-0.1, -0.05) is 12.1 Å². The third-order valence-corrected chi connectivity index (χ3v) is 3.17. The zero-order valence-electron chi connectivity index (χ0n) is 11.8. The van der Waals surface area contributed by atoms with Crippen LogP contribution in [0.2, 0.25) is 0 Å². The van der Waals surface area contributed by atoms with E-state index in [0.717, 1.165) is 36.2 Å². The number of hydrogen-bond donors (Lipinski definition) is 1. The normalized spacial score (nSPS) is 10.3. The fraction of sp³-hybridized carbons (Fsp3) is 0.333. The molecular weight excluding hydrogens is 268 g/mol. The van der Waals surface area contributed by atoms with Crippen molar-refractivity contribution in [1.82, 2.24) is 4.98 Å². The van der Waals surface area contributed by atoms with Gasteiger partial charge in [0, 0.05) is 35.8 Å². The van der Waals surface area contributed by atoms with E-state index in [-0.39, 0.29) is 5.69 Å². The van der Waals surface area contributed by atoms with E-state index in [4.69, 9.17) is 5.26 Å². The molecule has 0 atom stereocenters. The highest BCUT2D eigenvalue weighted by Gasteiger charge is 2.15. The Bertz CT molecular complexity index is 707. The number of para-hydroxylation sites is 1. The van der Waals surface area contributed by atoms with Crippen molar-refractivity contribution in [2.24, 2.45) is 0 Å². The first kappa shape index (κ1) is 14.7. The molecule has 0 aliphatic heterocycles. The Morgan fingerprint density at radius 1 is 1.43 bits per heavy atom. The summed E-state index contributed by atoms with van der Waals surface area (Å²) in [6.07, 6.45) is 2.26. The first-order chi connectivity index (χ1) is 10.1. The lowest BCUT2D eigenvalue weighted by Crippen LogP contribution is -2.03. The van der Waals surface area contributed by atoms with Gasteiger partial charge in [0.1, 0.15) is 0 Å². The second-order valence-electron chi connectivity index (χ2n) is 4.78. The first-order valence-electron chi connectivity index (χ1n) is 6.79. The fourth-order valence-electron chi connectivity index (χ4n) is 2.21. The molecule has 0 spiro atoms. The molecular formula is C15H16N4O2. The minimum Gasteiger partial charge on any atom is -0.384 e. The number of anilines is 1. The maximum Gasteiger partial charge on any atom is 0.295 e. The van der Waals surface area contributed by atoms with E-state index in [0.29, 0.717) is 11.9 Å². The second-order valence-corrected chi connectivity index (χ2v) is 4.78. The number of aromatic nitrogens is 1. The maximum atomic E-state index is 11.1. The Labute approximate surface area is 122 Å². The molecule has 0 saturated carbocycles. The van der Waals surface area contributed by atoms with Crippen molar-refractivity contribution >= 4 is 22.3 Å². The highest BCUT2D eigenvalue weighted by molar-refractivity contribution is 5.96. The molecule has 21 heavy (non-hydrogen) atoms. The molecule has 6 heteroatoms. The summed E-state index contributed by atoms with van der Waals surface area (Å²) in [5.74, 6) is 0. The number of unbranched alkanes of at least 4 members (excludes halogenated alkanes) is 2. The van der Waals surface area contributed by atoms with Crippen LogP contribution in [0.3, 0.4) is 0 Å². The van der Waals surface area contributed by atoms with Gasteiger partial charge in [0.05, 0.1) is 11.0 Å². The lowest BCUT2D eigenvalue weighted by Gasteiger charge is -2.10. The fourth-order valence-corrected chi connectivity index (χ4v) is 2.21. The van der Waals surface area contributed by atoms with Crippen LogP contribution in [-0.2, 0) is 0 Å². The number of fused-ring (bicyclic) bond motifs is 1. The highest BCUT2D eigenvalue weighted by atomic mass is 16.6. The number of nitriles is 1. The molecule has 1 aromatic carbocycles. The Morgan fingerprint density at radius 2 is 2.24 bits per heavy atom. The summed E-state index contributed by atoms with van der Waals surface area (Å²) in [5.41, 5.74) is 2.00. The topological polar surface area (TPSA) is 91.8 Å². The van der Waals surface area contributed by atoms with Gasteiger partial charge in [-0.15, -0.1) is 0 Å². The number of nitro benzene ring substituents is 1. The van der Waals surface area contributed by atoms with Crippen LogP contribution in [0.5, 0.6) is 0 Å².